The Labute approximate surface area is 165 Å². The van der Waals surface area contributed by atoms with Gasteiger partial charge < -0.3 is 18.7 Å². The van der Waals surface area contributed by atoms with Crippen molar-refractivity contribution in [1.82, 2.24) is 0 Å². The summed E-state index contributed by atoms with van der Waals surface area (Å²) in [5.41, 5.74) is 0. The number of hydrogen-bond donors (Lipinski definition) is 1. The van der Waals surface area contributed by atoms with Crippen LogP contribution in [0, 0.1) is 0 Å². The summed E-state index contributed by atoms with van der Waals surface area (Å²) in [4.78, 5) is 0. The first-order valence-electron chi connectivity index (χ1n) is 9.49. The highest BCUT2D eigenvalue weighted by molar-refractivity contribution is 6.71. The quantitative estimate of drug-likeness (QED) is 0.357. The molecule has 1 fully saturated rings. The summed E-state index contributed by atoms with van der Waals surface area (Å²) in [5.74, 6) is 0. The maximum absolute atomic E-state index is 10.3. The van der Waals surface area contributed by atoms with E-state index in [-0.39, 0.29) is 0 Å². The maximum atomic E-state index is 10.3. The van der Waals surface area contributed by atoms with Crippen molar-refractivity contribution in [2.75, 3.05) is 6.61 Å². The minimum Gasteiger partial charge on any atom is -0.415 e. The van der Waals surface area contributed by atoms with Crippen LogP contribution in [0.4, 0.5) is 0 Å². The van der Waals surface area contributed by atoms with Crippen LogP contribution >= 0.6 is 23.2 Å². The topological polar surface area (TPSA) is 47.9 Å². The molecule has 0 unspecified atom stereocenters. The first-order valence-corrected chi connectivity index (χ1v) is 16.5. The Morgan fingerprint density at radius 2 is 1.56 bits per heavy atom. The summed E-state index contributed by atoms with van der Waals surface area (Å²) < 4.78 is 18.2. The fourth-order valence-electron chi connectivity index (χ4n) is 3.01. The molecule has 1 rings (SSSR count). The number of rotatable bonds is 11. The van der Waals surface area contributed by atoms with Gasteiger partial charge in [0.1, 0.15) is 11.5 Å². The molecule has 0 saturated carbocycles. The van der Waals surface area contributed by atoms with Crippen LogP contribution in [0.15, 0.2) is 0 Å². The molecule has 1 N–H and O–H groups in total. The van der Waals surface area contributed by atoms with Gasteiger partial charge in [-0.05, 0) is 38.3 Å². The van der Waals surface area contributed by atoms with E-state index >= 15 is 0 Å². The summed E-state index contributed by atoms with van der Waals surface area (Å²) >= 11 is 12.5. The Balaban J connectivity index is 2.74. The van der Waals surface area contributed by atoms with E-state index in [1.165, 1.54) is 6.42 Å². The molecule has 0 aromatic rings. The first kappa shape index (κ1) is 23.9. The fourth-order valence-corrected chi connectivity index (χ4v) is 7.91. The highest BCUT2D eigenvalue weighted by atomic mass is 35.5. The minimum absolute atomic E-state index is 0.365. The third kappa shape index (κ3) is 7.78. The molecule has 0 aromatic carbocycles. The minimum atomic E-state index is -1.91. The van der Waals surface area contributed by atoms with E-state index in [1.807, 2.05) is 0 Å². The second-order valence-corrected chi connectivity index (χ2v) is 17.9. The van der Waals surface area contributed by atoms with Crippen LogP contribution in [0.25, 0.3) is 0 Å². The Hall–Kier alpha value is 0.854. The van der Waals surface area contributed by atoms with Gasteiger partial charge in [-0.15, -0.1) is 11.6 Å². The van der Waals surface area contributed by atoms with Crippen molar-refractivity contribution in [2.45, 2.75) is 101 Å². The number of halogens is 2. The SMILES string of the molecule is CCCC[Si](C)(C)OC[C@H]1O[C@@](O)(Cl)[C@@H](Cl)[C@@H]1O[Si](C)(C)CCCC. The normalized spacial score (nSPS) is 30.8. The summed E-state index contributed by atoms with van der Waals surface area (Å²) in [6.07, 6.45) is 3.70. The zero-order valence-electron chi connectivity index (χ0n) is 16.6. The zero-order valence-corrected chi connectivity index (χ0v) is 20.1. The van der Waals surface area contributed by atoms with Gasteiger partial charge in [0.2, 0.25) is 0 Å². The van der Waals surface area contributed by atoms with Gasteiger partial charge in [0.05, 0.1) is 12.7 Å². The highest BCUT2D eigenvalue weighted by Gasteiger charge is 2.55. The van der Waals surface area contributed by atoms with Crippen molar-refractivity contribution in [3.05, 3.63) is 0 Å². The van der Waals surface area contributed by atoms with E-state index in [0.717, 1.165) is 31.4 Å². The van der Waals surface area contributed by atoms with E-state index in [2.05, 4.69) is 40.0 Å². The first-order chi connectivity index (χ1) is 11.4. The molecule has 0 aromatic heterocycles. The molecule has 25 heavy (non-hydrogen) atoms. The van der Waals surface area contributed by atoms with Crippen molar-refractivity contribution >= 4 is 39.8 Å². The molecule has 1 heterocycles. The van der Waals surface area contributed by atoms with Gasteiger partial charge in [-0.3, -0.25) is 0 Å². The average molecular weight is 432 g/mol. The van der Waals surface area contributed by atoms with Gasteiger partial charge in [0.25, 0.3) is 5.25 Å². The molecule has 1 aliphatic rings. The van der Waals surface area contributed by atoms with Crippen molar-refractivity contribution in [3.63, 3.8) is 0 Å². The number of alkyl halides is 2. The smallest absolute Gasteiger partial charge is 0.266 e. The number of aliphatic hydroxyl groups is 1. The zero-order chi connectivity index (χ0) is 19.3. The van der Waals surface area contributed by atoms with Gasteiger partial charge >= 0.3 is 0 Å². The Morgan fingerprint density at radius 3 is 2.08 bits per heavy atom. The number of hydrogen-bond acceptors (Lipinski definition) is 4. The van der Waals surface area contributed by atoms with Crippen LogP contribution in [-0.4, -0.2) is 51.2 Å². The van der Waals surface area contributed by atoms with Gasteiger partial charge in [-0.1, -0.05) is 51.1 Å². The molecule has 1 aliphatic heterocycles. The molecule has 0 spiro atoms. The van der Waals surface area contributed by atoms with Crippen LogP contribution < -0.4 is 0 Å². The maximum Gasteiger partial charge on any atom is 0.266 e. The van der Waals surface area contributed by atoms with Crippen molar-refractivity contribution < 1.29 is 18.7 Å². The van der Waals surface area contributed by atoms with E-state index in [4.69, 9.17) is 36.8 Å². The van der Waals surface area contributed by atoms with Crippen molar-refractivity contribution in [1.29, 1.82) is 0 Å². The van der Waals surface area contributed by atoms with Gasteiger partial charge in [-0.2, -0.15) is 0 Å². The lowest BCUT2D eigenvalue weighted by Crippen LogP contribution is -2.46. The molecule has 0 radical (unpaired) electrons. The monoisotopic (exact) mass is 430 g/mol. The Kier molecular flexibility index (Phi) is 9.43. The highest BCUT2D eigenvalue weighted by Crippen LogP contribution is 2.40. The molecule has 0 aliphatic carbocycles. The van der Waals surface area contributed by atoms with Crippen LogP contribution in [0.5, 0.6) is 0 Å². The predicted molar refractivity (Wildman–Crippen MR) is 111 cm³/mol. The number of unbranched alkanes of at least 4 members (excludes halogenated alkanes) is 2. The largest absolute Gasteiger partial charge is 0.415 e. The lowest BCUT2D eigenvalue weighted by atomic mass is 10.2. The predicted octanol–water partition coefficient (Wildman–Crippen LogP) is 5.29. The third-order valence-electron chi connectivity index (χ3n) is 4.67. The lowest BCUT2D eigenvalue weighted by Gasteiger charge is -2.32. The third-order valence-corrected chi connectivity index (χ3v) is 10.6. The van der Waals surface area contributed by atoms with E-state index in [9.17, 15) is 5.11 Å². The molecule has 8 heteroatoms. The van der Waals surface area contributed by atoms with Crippen LogP contribution in [0.3, 0.4) is 0 Å². The Bertz CT molecular complexity index is 408. The molecule has 150 valence electrons. The number of ether oxygens (including phenoxy) is 1. The molecular weight excluding hydrogens is 395 g/mol. The van der Waals surface area contributed by atoms with Crippen LogP contribution in [-0.2, 0) is 13.6 Å². The summed E-state index contributed by atoms with van der Waals surface area (Å²) in [7, 11) is -3.67. The second-order valence-electron chi connectivity index (χ2n) is 8.29. The van der Waals surface area contributed by atoms with Crippen molar-refractivity contribution in [3.8, 4) is 0 Å². The summed E-state index contributed by atoms with van der Waals surface area (Å²) in [6, 6.07) is 2.16. The fraction of sp³-hybridized carbons (Fsp3) is 1.00. The van der Waals surface area contributed by atoms with E-state index in [1.54, 1.807) is 0 Å². The van der Waals surface area contributed by atoms with Crippen molar-refractivity contribution in [2.24, 2.45) is 0 Å². The van der Waals surface area contributed by atoms with E-state index < -0.39 is 39.5 Å². The van der Waals surface area contributed by atoms with E-state index in [0.29, 0.717) is 6.61 Å². The van der Waals surface area contributed by atoms with Crippen LogP contribution in [0.1, 0.15) is 39.5 Å². The molecule has 1 saturated heterocycles. The summed E-state index contributed by atoms with van der Waals surface area (Å²) in [5, 5.41) is 7.54. The van der Waals surface area contributed by atoms with Gasteiger partial charge in [0.15, 0.2) is 16.6 Å². The van der Waals surface area contributed by atoms with Gasteiger partial charge in [-0.25, -0.2) is 0 Å². The summed E-state index contributed by atoms with van der Waals surface area (Å²) in [6.45, 7) is 13.5. The van der Waals surface area contributed by atoms with Crippen LogP contribution in [0.2, 0.25) is 38.3 Å². The molecule has 0 bridgehead atoms. The molecule has 4 nitrogen and oxygen atoms in total. The second kappa shape index (κ2) is 9.87. The average Bonchev–Trinajstić information content (AvgIpc) is 2.72. The molecular formula is C17H36Cl2O4Si2. The molecule has 0 amide bonds. The van der Waals surface area contributed by atoms with Gasteiger partial charge in [0, 0.05) is 0 Å². The molecule has 4 atom stereocenters. The lowest BCUT2D eigenvalue weighted by molar-refractivity contribution is -0.136. The standard InChI is InChI=1S/C17H36Cl2O4Si2/c1-7-9-11-24(3,4)21-13-14-15(16(18)17(19,20)22-14)23-25(5,6)12-10-8-2/h14-16,20H,7-13H2,1-6H3/t14-,15-,16+,17-/m1/s1. The Morgan fingerprint density at radius 1 is 1.04 bits per heavy atom.